The van der Waals surface area contributed by atoms with Crippen LogP contribution in [-0.4, -0.2) is 41.5 Å². The van der Waals surface area contributed by atoms with E-state index in [9.17, 15) is 4.79 Å². The number of rotatable bonds is 4. The van der Waals surface area contributed by atoms with E-state index in [-0.39, 0.29) is 11.9 Å². The Morgan fingerprint density at radius 3 is 2.69 bits per heavy atom. The second-order valence-corrected chi connectivity index (χ2v) is 7.05. The van der Waals surface area contributed by atoms with Crippen LogP contribution < -0.4 is 14.8 Å². The van der Waals surface area contributed by atoms with Gasteiger partial charge in [0.1, 0.15) is 0 Å². The van der Waals surface area contributed by atoms with Crippen LogP contribution in [0.2, 0.25) is 0 Å². The number of hydrogen-bond acceptors (Lipinski definition) is 4. The van der Waals surface area contributed by atoms with E-state index in [0.29, 0.717) is 30.3 Å². The second kappa shape index (κ2) is 7.87. The summed E-state index contributed by atoms with van der Waals surface area (Å²) in [6.07, 6.45) is 3.88. The van der Waals surface area contributed by atoms with Crippen LogP contribution in [0.5, 0.6) is 11.5 Å². The van der Waals surface area contributed by atoms with Crippen molar-refractivity contribution in [2.45, 2.75) is 12.5 Å². The molecule has 0 saturated heterocycles. The van der Waals surface area contributed by atoms with E-state index in [2.05, 4.69) is 22.5 Å². The first-order chi connectivity index (χ1) is 14.1. The number of aryl methyl sites for hydroxylation is 1. The molecule has 2 aromatic carbocycles. The summed E-state index contributed by atoms with van der Waals surface area (Å²) in [4.78, 5) is 14.9. The first-order valence-corrected chi connectivity index (χ1v) is 9.44. The number of urea groups is 1. The van der Waals surface area contributed by atoms with Gasteiger partial charge >= 0.3 is 6.03 Å². The highest BCUT2D eigenvalue weighted by Gasteiger charge is 2.30. The molecule has 7 heteroatoms. The number of benzene rings is 2. The Morgan fingerprint density at radius 1 is 1.14 bits per heavy atom. The lowest BCUT2D eigenvalue weighted by atomic mass is 9.86. The van der Waals surface area contributed by atoms with Crippen molar-refractivity contribution in [2.75, 3.05) is 26.1 Å². The fourth-order valence-electron chi connectivity index (χ4n) is 3.85. The number of carbonyl (C=O) groups excluding carboxylic acids is 1. The Labute approximate surface area is 169 Å². The first-order valence-electron chi connectivity index (χ1n) is 9.44. The predicted molar refractivity (Wildman–Crippen MR) is 110 cm³/mol. The molecular formula is C22H24N4O3. The van der Waals surface area contributed by atoms with Crippen molar-refractivity contribution in [1.82, 2.24) is 14.7 Å². The molecule has 0 bridgehead atoms. The number of anilines is 1. The highest BCUT2D eigenvalue weighted by atomic mass is 16.5. The van der Waals surface area contributed by atoms with Crippen LogP contribution in [0.4, 0.5) is 10.5 Å². The molecule has 1 aliphatic heterocycles. The largest absolute Gasteiger partial charge is 0.493 e. The van der Waals surface area contributed by atoms with Crippen molar-refractivity contribution in [3.63, 3.8) is 0 Å². The summed E-state index contributed by atoms with van der Waals surface area (Å²) < 4.78 is 12.6. The minimum Gasteiger partial charge on any atom is -0.493 e. The number of ether oxygens (including phenoxy) is 2. The summed E-state index contributed by atoms with van der Waals surface area (Å²) >= 11 is 0. The third kappa shape index (κ3) is 3.63. The molecule has 1 aromatic heterocycles. The SMILES string of the molecule is COc1cccc(NC(=O)N2Cc3ccccc3C(c3cnn(C)c3)C2)c1OC. The highest BCUT2D eigenvalue weighted by Crippen LogP contribution is 2.36. The summed E-state index contributed by atoms with van der Waals surface area (Å²) in [6.45, 7) is 1.12. The molecule has 3 aromatic rings. The van der Waals surface area contributed by atoms with Gasteiger partial charge in [-0.15, -0.1) is 0 Å². The molecule has 150 valence electrons. The average Bonchev–Trinajstić information content (AvgIpc) is 3.18. The molecule has 0 radical (unpaired) electrons. The van der Waals surface area contributed by atoms with Crippen LogP contribution >= 0.6 is 0 Å². The Kier molecular flexibility index (Phi) is 5.12. The maximum Gasteiger partial charge on any atom is 0.322 e. The number of para-hydroxylation sites is 1. The number of hydrogen-bond donors (Lipinski definition) is 1. The van der Waals surface area contributed by atoms with Gasteiger partial charge in [0, 0.05) is 32.3 Å². The number of amides is 2. The molecule has 4 rings (SSSR count). The van der Waals surface area contributed by atoms with Gasteiger partial charge in [-0.1, -0.05) is 30.3 Å². The van der Waals surface area contributed by atoms with Crippen molar-refractivity contribution < 1.29 is 14.3 Å². The molecule has 29 heavy (non-hydrogen) atoms. The average molecular weight is 392 g/mol. The Morgan fingerprint density at radius 2 is 1.97 bits per heavy atom. The Hall–Kier alpha value is -3.48. The standard InChI is InChI=1S/C22H24N4O3/c1-25-12-16(11-23-25)18-14-26(13-15-7-4-5-8-17(15)18)22(27)24-19-9-6-10-20(28-2)21(19)29-3/h4-12,18H,13-14H2,1-3H3,(H,24,27). The second-order valence-electron chi connectivity index (χ2n) is 7.05. The van der Waals surface area contributed by atoms with Crippen LogP contribution in [0.3, 0.4) is 0 Å². The predicted octanol–water partition coefficient (Wildman–Crippen LogP) is 3.62. The van der Waals surface area contributed by atoms with Crippen molar-refractivity contribution in [1.29, 1.82) is 0 Å². The third-order valence-corrected chi connectivity index (χ3v) is 5.25. The van der Waals surface area contributed by atoms with Crippen molar-refractivity contribution in [2.24, 2.45) is 7.05 Å². The summed E-state index contributed by atoms with van der Waals surface area (Å²) in [7, 11) is 5.03. The van der Waals surface area contributed by atoms with Gasteiger partial charge in [-0.05, 0) is 28.8 Å². The number of nitrogens with zero attached hydrogens (tertiary/aromatic N) is 3. The summed E-state index contributed by atoms with van der Waals surface area (Å²) in [5.41, 5.74) is 4.05. The van der Waals surface area contributed by atoms with Gasteiger partial charge in [-0.2, -0.15) is 5.10 Å². The van der Waals surface area contributed by atoms with Crippen LogP contribution in [0, 0.1) is 0 Å². The zero-order valence-electron chi connectivity index (χ0n) is 16.8. The van der Waals surface area contributed by atoms with Gasteiger partial charge in [0.05, 0.1) is 26.1 Å². The van der Waals surface area contributed by atoms with Gasteiger partial charge in [-0.25, -0.2) is 4.79 Å². The molecule has 0 spiro atoms. The molecule has 1 unspecified atom stereocenters. The van der Waals surface area contributed by atoms with E-state index < -0.39 is 0 Å². The van der Waals surface area contributed by atoms with Crippen LogP contribution in [0.15, 0.2) is 54.9 Å². The lowest BCUT2D eigenvalue weighted by Gasteiger charge is -2.34. The molecule has 1 N–H and O–H groups in total. The lowest BCUT2D eigenvalue weighted by molar-refractivity contribution is 0.202. The minimum atomic E-state index is -0.181. The molecule has 1 aliphatic rings. The lowest BCUT2D eigenvalue weighted by Crippen LogP contribution is -2.41. The normalized spacial score (nSPS) is 15.6. The van der Waals surface area contributed by atoms with Gasteiger partial charge in [0.2, 0.25) is 0 Å². The number of methoxy groups -OCH3 is 2. The molecule has 2 heterocycles. The molecule has 0 aliphatic carbocycles. The zero-order chi connectivity index (χ0) is 20.4. The number of nitrogens with one attached hydrogen (secondary N) is 1. The third-order valence-electron chi connectivity index (χ3n) is 5.25. The zero-order valence-corrected chi connectivity index (χ0v) is 16.8. The van der Waals surface area contributed by atoms with Crippen LogP contribution in [-0.2, 0) is 13.6 Å². The van der Waals surface area contributed by atoms with Gasteiger partial charge < -0.3 is 19.7 Å². The van der Waals surface area contributed by atoms with Gasteiger partial charge in [0.15, 0.2) is 11.5 Å². The number of carbonyl (C=O) groups is 1. The van der Waals surface area contributed by atoms with Gasteiger partial charge in [-0.3, -0.25) is 4.68 Å². The summed E-state index contributed by atoms with van der Waals surface area (Å²) in [5.74, 6) is 1.15. The van der Waals surface area contributed by atoms with E-state index >= 15 is 0 Å². The Balaban J connectivity index is 1.62. The number of fused-ring (bicyclic) bond motifs is 1. The summed E-state index contributed by atoms with van der Waals surface area (Å²) in [5, 5.41) is 7.29. The fourth-order valence-corrected chi connectivity index (χ4v) is 3.85. The van der Waals surface area contributed by atoms with E-state index in [0.717, 1.165) is 11.1 Å². The Bertz CT molecular complexity index is 1030. The molecule has 1 atom stereocenters. The van der Waals surface area contributed by atoms with Crippen molar-refractivity contribution >= 4 is 11.7 Å². The van der Waals surface area contributed by atoms with Crippen LogP contribution in [0.1, 0.15) is 22.6 Å². The van der Waals surface area contributed by atoms with E-state index in [1.807, 2.05) is 42.5 Å². The topological polar surface area (TPSA) is 68.6 Å². The maximum absolute atomic E-state index is 13.1. The monoisotopic (exact) mass is 392 g/mol. The van der Waals surface area contributed by atoms with Gasteiger partial charge in [0.25, 0.3) is 0 Å². The smallest absolute Gasteiger partial charge is 0.322 e. The minimum absolute atomic E-state index is 0.0756. The van der Waals surface area contributed by atoms with Crippen molar-refractivity contribution in [3.05, 3.63) is 71.5 Å². The number of aromatic nitrogens is 2. The van der Waals surface area contributed by atoms with E-state index in [1.165, 1.54) is 5.56 Å². The van der Waals surface area contributed by atoms with Crippen molar-refractivity contribution in [3.8, 4) is 11.5 Å². The molecule has 0 fully saturated rings. The maximum atomic E-state index is 13.1. The summed E-state index contributed by atoms with van der Waals surface area (Å²) in [6, 6.07) is 13.5. The molecule has 0 saturated carbocycles. The molecule has 2 amide bonds. The van der Waals surface area contributed by atoms with E-state index in [4.69, 9.17) is 9.47 Å². The first kappa shape index (κ1) is 18.9. The van der Waals surface area contributed by atoms with Crippen LogP contribution in [0.25, 0.3) is 0 Å². The molecular weight excluding hydrogens is 368 g/mol. The highest BCUT2D eigenvalue weighted by molar-refractivity contribution is 5.92. The quantitative estimate of drug-likeness (QED) is 0.736. The van der Waals surface area contributed by atoms with E-state index in [1.54, 1.807) is 31.0 Å². The fraction of sp³-hybridized carbons (Fsp3) is 0.273. The molecule has 7 nitrogen and oxygen atoms in total.